The smallest absolute Gasteiger partial charge is 0.121 e. The van der Waals surface area contributed by atoms with Gasteiger partial charge in [-0.1, -0.05) is 13.8 Å². The largest absolute Gasteiger partial charge is 0.497 e. The highest BCUT2D eigenvalue weighted by atomic mass is 79.9. The van der Waals surface area contributed by atoms with Crippen molar-refractivity contribution in [2.45, 2.75) is 26.3 Å². The van der Waals surface area contributed by atoms with E-state index in [0.29, 0.717) is 11.5 Å². The lowest BCUT2D eigenvalue weighted by atomic mass is 9.88. The number of halogens is 1. The molecule has 2 nitrogen and oxygen atoms in total. The fourth-order valence-corrected chi connectivity index (χ4v) is 3.95. The number of ether oxygens (including phenoxy) is 1. The molecule has 4 heteroatoms. The second-order valence-electron chi connectivity index (χ2n) is 5.57. The lowest BCUT2D eigenvalue weighted by molar-refractivity contribution is 0.358. The van der Waals surface area contributed by atoms with E-state index in [1.54, 1.807) is 7.11 Å². The van der Waals surface area contributed by atoms with Gasteiger partial charge in [-0.15, -0.1) is 0 Å². The van der Waals surface area contributed by atoms with E-state index < -0.39 is 0 Å². The molecule has 1 fully saturated rings. The number of hydrogen-bond acceptors (Lipinski definition) is 3. The van der Waals surface area contributed by atoms with E-state index in [4.69, 9.17) is 4.74 Å². The summed E-state index contributed by atoms with van der Waals surface area (Å²) in [7, 11) is 1.70. The highest BCUT2D eigenvalue weighted by Crippen LogP contribution is 2.36. The first-order valence-corrected chi connectivity index (χ1v) is 8.13. The fourth-order valence-electron chi connectivity index (χ4n) is 2.32. The number of hydrogen-bond donors (Lipinski definition) is 1. The maximum atomic E-state index is 5.27. The van der Waals surface area contributed by atoms with Gasteiger partial charge in [0.05, 0.1) is 12.8 Å². The van der Waals surface area contributed by atoms with Crippen molar-refractivity contribution in [3.63, 3.8) is 0 Å². The van der Waals surface area contributed by atoms with Crippen molar-refractivity contribution in [1.29, 1.82) is 0 Å². The third-order valence-electron chi connectivity index (χ3n) is 3.14. The molecule has 18 heavy (non-hydrogen) atoms. The van der Waals surface area contributed by atoms with Crippen molar-refractivity contribution in [1.82, 2.24) is 0 Å². The van der Waals surface area contributed by atoms with Crippen LogP contribution in [0.1, 0.15) is 20.3 Å². The van der Waals surface area contributed by atoms with E-state index in [0.717, 1.165) is 15.9 Å². The van der Waals surface area contributed by atoms with Crippen molar-refractivity contribution in [2.24, 2.45) is 5.41 Å². The molecule has 0 aliphatic carbocycles. The molecule has 0 saturated carbocycles. The molecule has 1 saturated heterocycles. The molecule has 0 radical (unpaired) electrons. The monoisotopic (exact) mass is 329 g/mol. The summed E-state index contributed by atoms with van der Waals surface area (Å²) in [5.41, 5.74) is 1.55. The van der Waals surface area contributed by atoms with Crippen molar-refractivity contribution in [2.75, 3.05) is 23.9 Å². The minimum absolute atomic E-state index is 0.423. The predicted octanol–water partition coefficient (Wildman–Crippen LogP) is 4.40. The SMILES string of the molecule is COc1ccc(Br)c(NC2CSCC(C)(C)C2)c1. The molecule has 0 amide bonds. The number of methoxy groups -OCH3 is 1. The molecule has 0 spiro atoms. The van der Waals surface area contributed by atoms with Crippen LogP contribution in [0.15, 0.2) is 22.7 Å². The van der Waals surface area contributed by atoms with E-state index in [1.807, 2.05) is 23.9 Å². The molecule has 1 aliphatic rings. The zero-order valence-electron chi connectivity index (χ0n) is 11.1. The first-order chi connectivity index (χ1) is 8.50. The van der Waals surface area contributed by atoms with Crippen LogP contribution in [0.3, 0.4) is 0 Å². The summed E-state index contributed by atoms with van der Waals surface area (Å²) in [4.78, 5) is 0. The van der Waals surface area contributed by atoms with Gasteiger partial charge in [0.15, 0.2) is 0 Å². The molecule has 0 aromatic heterocycles. The molecule has 1 aromatic carbocycles. The Balaban J connectivity index is 2.09. The predicted molar refractivity (Wildman–Crippen MR) is 83.8 cm³/mol. The fraction of sp³-hybridized carbons (Fsp3) is 0.571. The quantitative estimate of drug-likeness (QED) is 0.887. The van der Waals surface area contributed by atoms with Gasteiger partial charge in [-0.3, -0.25) is 0 Å². The second kappa shape index (κ2) is 5.74. The second-order valence-corrected chi connectivity index (χ2v) is 7.46. The van der Waals surface area contributed by atoms with Gasteiger partial charge in [-0.25, -0.2) is 0 Å². The first-order valence-electron chi connectivity index (χ1n) is 6.18. The minimum atomic E-state index is 0.423. The average Bonchev–Trinajstić information content (AvgIpc) is 2.31. The van der Waals surface area contributed by atoms with Gasteiger partial charge >= 0.3 is 0 Å². The Hall–Kier alpha value is -0.350. The Bertz CT molecular complexity index is 422. The Morgan fingerprint density at radius 1 is 1.44 bits per heavy atom. The molecule has 0 bridgehead atoms. The number of benzene rings is 1. The lowest BCUT2D eigenvalue weighted by Gasteiger charge is -2.35. The van der Waals surface area contributed by atoms with E-state index in [9.17, 15) is 0 Å². The minimum Gasteiger partial charge on any atom is -0.497 e. The molecule has 1 heterocycles. The highest BCUT2D eigenvalue weighted by molar-refractivity contribution is 9.10. The van der Waals surface area contributed by atoms with Gasteiger partial charge in [-0.2, -0.15) is 11.8 Å². The first kappa shape index (κ1) is 14.1. The molecule has 1 aromatic rings. The van der Waals surface area contributed by atoms with Gasteiger partial charge in [0, 0.05) is 22.3 Å². The summed E-state index contributed by atoms with van der Waals surface area (Å²) < 4.78 is 6.37. The maximum Gasteiger partial charge on any atom is 0.121 e. The van der Waals surface area contributed by atoms with Gasteiger partial charge in [0.1, 0.15) is 5.75 Å². The van der Waals surface area contributed by atoms with Crippen molar-refractivity contribution < 1.29 is 4.74 Å². The van der Waals surface area contributed by atoms with Gasteiger partial charge < -0.3 is 10.1 Å². The van der Waals surface area contributed by atoms with Crippen molar-refractivity contribution in [3.8, 4) is 5.75 Å². The Morgan fingerprint density at radius 2 is 2.22 bits per heavy atom. The van der Waals surface area contributed by atoms with Crippen molar-refractivity contribution >= 4 is 33.4 Å². The van der Waals surface area contributed by atoms with Crippen LogP contribution in [0.4, 0.5) is 5.69 Å². The van der Waals surface area contributed by atoms with Gasteiger partial charge in [0.25, 0.3) is 0 Å². The molecular formula is C14H20BrNOS. The molecular weight excluding hydrogens is 310 g/mol. The number of rotatable bonds is 3. The van der Waals surface area contributed by atoms with Crippen LogP contribution in [0.5, 0.6) is 5.75 Å². The molecule has 2 rings (SSSR count). The molecule has 1 unspecified atom stereocenters. The van der Waals surface area contributed by atoms with Crippen LogP contribution in [0.2, 0.25) is 0 Å². The third-order valence-corrected chi connectivity index (χ3v) is 5.46. The average molecular weight is 330 g/mol. The third kappa shape index (κ3) is 3.58. The summed E-state index contributed by atoms with van der Waals surface area (Å²) in [6.45, 7) is 4.68. The number of anilines is 1. The number of thioether (sulfide) groups is 1. The van der Waals surface area contributed by atoms with E-state index in [-0.39, 0.29) is 0 Å². The topological polar surface area (TPSA) is 21.3 Å². The molecule has 1 atom stereocenters. The van der Waals surface area contributed by atoms with Crippen LogP contribution >= 0.6 is 27.7 Å². The molecule has 1 N–H and O–H groups in total. The van der Waals surface area contributed by atoms with E-state index in [2.05, 4.69) is 41.2 Å². The van der Waals surface area contributed by atoms with Gasteiger partial charge in [0.2, 0.25) is 0 Å². The van der Waals surface area contributed by atoms with Crippen LogP contribution in [0, 0.1) is 5.41 Å². The van der Waals surface area contributed by atoms with Crippen LogP contribution in [0.25, 0.3) is 0 Å². The zero-order valence-corrected chi connectivity index (χ0v) is 13.5. The summed E-state index contributed by atoms with van der Waals surface area (Å²) in [5, 5.41) is 3.63. The molecule has 100 valence electrons. The summed E-state index contributed by atoms with van der Waals surface area (Å²) in [5.74, 6) is 3.32. The maximum absolute atomic E-state index is 5.27. The Labute approximate surface area is 122 Å². The highest BCUT2D eigenvalue weighted by Gasteiger charge is 2.28. The Kier molecular flexibility index (Phi) is 4.49. The Morgan fingerprint density at radius 3 is 2.89 bits per heavy atom. The van der Waals surface area contributed by atoms with Gasteiger partial charge in [-0.05, 0) is 45.7 Å². The van der Waals surface area contributed by atoms with E-state index >= 15 is 0 Å². The summed E-state index contributed by atoms with van der Waals surface area (Å²) in [6, 6.07) is 6.58. The summed E-state index contributed by atoms with van der Waals surface area (Å²) >= 11 is 5.63. The summed E-state index contributed by atoms with van der Waals surface area (Å²) in [6.07, 6.45) is 1.21. The van der Waals surface area contributed by atoms with Crippen LogP contribution in [-0.4, -0.2) is 24.7 Å². The molecule has 1 aliphatic heterocycles. The normalized spacial score (nSPS) is 22.6. The van der Waals surface area contributed by atoms with Crippen molar-refractivity contribution in [3.05, 3.63) is 22.7 Å². The van der Waals surface area contributed by atoms with Crippen LogP contribution < -0.4 is 10.1 Å². The lowest BCUT2D eigenvalue weighted by Crippen LogP contribution is -2.35. The van der Waals surface area contributed by atoms with Crippen LogP contribution in [-0.2, 0) is 0 Å². The standard InChI is InChI=1S/C14H20BrNOS/c1-14(2)7-10(8-18-9-14)16-13-6-11(17-3)4-5-12(13)15/h4-6,10,16H,7-9H2,1-3H3. The zero-order chi connectivity index (χ0) is 13.2. The van der Waals surface area contributed by atoms with E-state index in [1.165, 1.54) is 17.9 Å². The number of nitrogens with one attached hydrogen (secondary N) is 1.